The van der Waals surface area contributed by atoms with E-state index < -0.39 is 0 Å². The number of aromatic nitrogens is 1. The summed E-state index contributed by atoms with van der Waals surface area (Å²) in [5.74, 6) is 1.10. The smallest absolute Gasteiger partial charge is 0.258 e. The van der Waals surface area contributed by atoms with Gasteiger partial charge in [-0.05, 0) is 47.9 Å². The number of hydrogen-bond donors (Lipinski definition) is 3. The van der Waals surface area contributed by atoms with Crippen LogP contribution in [0.15, 0.2) is 83.5 Å². The van der Waals surface area contributed by atoms with E-state index >= 15 is 0 Å². The normalized spacial score (nSPS) is 16.3. The predicted octanol–water partition coefficient (Wildman–Crippen LogP) is 4.24. The van der Waals surface area contributed by atoms with Crippen LogP contribution >= 0.6 is 0 Å². The summed E-state index contributed by atoms with van der Waals surface area (Å²) in [4.78, 5) is 33.5. The molecule has 0 bridgehead atoms. The molecule has 1 aliphatic heterocycles. The van der Waals surface area contributed by atoms with E-state index in [0.717, 1.165) is 17.6 Å². The zero-order chi connectivity index (χ0) is 23.0. The van der Waals surface area contributed by atoms with Crippen LogP contribution in [0, 0.1) is 5.92 Å². The molecule has 33 heavy (non-hydrogen) atoms. The second-order valence-electron chi connectivity index (χ2n) is 7.92. The van der Waals surface area contributed by atoms with E-state index in [-0.39, 0.29) is 17.7 Å². The molecule has 7 nitrogen and oxygen atoms in total. The molecule has 2 aromatic rings. The molecule has 1 aliphatic carbocycles. The van der Waals surface area contributed by atoms with Gasteiger partial charge in [0.15, 0.2) is 0 Å². The van der Waals surface area contributed by atoms with Crippen molar-refractivity contribution in [2.24, 2.45) is 10.9 Å². The number of allylic oxidation sites excluding steroid dienone is 3. The van der Waals surface area contributed by atoms with Crippen molar-refractivity contribution in [1.82, 2.24) is 10.3 Å². The van der Waals surface area contributed by atoms with Gasteiger partial charge in [-0.25, -0.2) is 4.98 Å². The summed E-state index contributed by atoms with van der Waals surface area (Å²) in [5.41, 5.74) is 3.33. The van der Waals surface area contributed by atoms with Gasteiger partial charge in [0.2, 0.25) is 5.91 Å². The summed E-state index contributed by atoms with van der Waals surface area (Å²) < 4.78 is 0. The number of benzene rings is 1. The summed E-state index contributed by atoms with van der Waals surface area (Å²) in [7, 11) is 0. The van der Waals surface area contributed by atoms with Gasteiger partial charge in [0.05, 0.1) is 12.1 Å². The summed E-state index contributed by atoms with van der Waals surface area (Å²) in [6.07, 6.45) is 13.0. The van der Waals surface area contributed by atoms with Crippen LogP contribution in [0.3, 0.4) is 0 Å². The van der Waals surface area contributed by atoms with Crippen LogP contribution in [0.5, 0.6) is 0 Å². The fourth-order valence-corrected chi connectivity index (χ4v) is 3.70. The van der Waals surface area contributed by atoms with Crippen molar-refractivity contribution in [3.8, 4) is 0 Å². The minimum atomic E-state index is -0.218. The highest BCUT2D eigenvalue weighted by atomic mass is 16.2. The van der Waals surface area contributed by atoms with Gasteiger partial charge in [-0.2, -0.15) is 0 Å². The van der Waals surface area contributed by atoms with Gasteiger partial charge in [-0.3, -0.25) is 14.6 Å². The van der Waals surface area contributed by atoms with Crippen molar-refractivity contribution in [1.29, 1.82) is 0 Å². The average molecular weight is 442 g/mol. The first-order chi connectivity index (χ1) is 16.1. The molecule has 4 rings (SSSR count). The van der Waals surface area contributed by atoms with Crippen LogP contribution in [0.4, 0.5) is 11.5 Å². The Morgan fingerprint density at radius 1 is 1.12 bits per heavy atom. The molecule has 0 saturated carbocycles. The summed E-state index contributed by atoms with van der Waals surface area (Å²) >= 11 is 0. The molecule has 2 heterocycles. The molecular weight excluding hydrogens is 414 g/mol. The van der Waals surface area contributed by atoms with E-state index in [9.17, 15) is 9.59 Å². The number of rotatable bonds is 7. The fourth-order valence-electron chi connectivity index (χ4n) is 3.70. The lowest BCUT2D eigenvalue weighted by Gasteiger charge is -2.20. The van der Waals surface area contributed by atoms with Gasteiger partial charge in [-0.15, -0.1) is 0 Å². The molecule has 7 heteroatoms. The Labute approximate surface area is 193 Å². The minimum Gasteiger partial charge on any atom is -0.380 e. The molecule has 2 amide bonds. The van der Waals surface area contributed by atoms with Crippen LogP contribution in [-0.2, 0) is 11.3 Å². The van der Waals surface area contributed by atoms with E-state index in [1.54, 1.807) is 12.3 Å². The second-order valence-corrected chi connectivity index (χ2v) is 7.92. The maximum atomic E-state index is 13.0. The number of amides is 2. The number of pyridine rings is 1. The second kappa shape index (κ2) is 10.5. The van der Waals surface area contributed by atoms with Crippen molar-refractivity contribution in [2.75, 3.05) is 17.2 Å². The first kappa shape index (κ1) is 22.2. The van der Waals surface area contributed by atoms with Crippen molar-refractivity contribution in [2.45, 2.75) is 26.3 Å². The van der Waals surface area contributed by atoms with E-state index in [0.29, 0.717) is 42.4 Å². The maximum absolute atomic E-state index is 13.0. The third-order valence-electron chi connectivity index (χ3n) is 5.40. The molecule has 0 saturated heterocycles. The molecular formula is C26H27N5O2. The van der Waals surface area contributed by atoms with Gasteiger partial charge in [0.1, 0.15) is 11.7 Å². The van der Waals surface area contributed by atoms with Crippen LogP contribution < -0.4 is 16.0 Å². The molecule has 0 fully saturated rings. The van der Waals surface area contributed by atoms with E-state index in [1.807, 2.05) is 55.5 Å². The van der Waals surface area contributed by atoms with E-state index in [2.05, 4.69) is 38.1 Å². The number of carbonyl (C=O) groups is 2. The van der Waals surface area contributed by atoms with E-state index in [4.69, 9.17) is 0 Å². The summed E-state index contributed by atoms with van der Waals surface area (Å²) in [5, 5.41) is 9.06. The third-order valence-corrected chi connectivity index (χ3v) is 5.40. The van der Waals surface area contributed by atoms with Crippen molar-refractivity contribution < 1.29 is 9.59 Å². The molecule has 0 spiro atoms. The predicted molar refractivity (Wildman–Crippen MR) is 131 cm³/mol. The lowest BCUT2D eigenvalue weighted by molar-refractivity contribution is -0.116. The zero-order valence-electron chi connectivity index (χ0n) is 18.5. The number of fused-ring (bicyclic) bond motifs is 1. The number of aliphatic imine (C=N–C) groups is 1. The number of para-hydroxylation sites is 1. The fraction of sp³-hybridized carbons (Fsp3) is 0.231. The average Bonchev–Trinajstić information content (AvgIpc) is 2.83. The Balaban J connectivity index is 1.41. The Bertz CT molecular complexity index is 1160. The summed E-state index contributed by atoms with van der Waals surface area (Å²) in [6.45, 7) is 3.06. The topological polar surface area (TPSA) is 95.5 Å². The Morgan fingerprint density at radius 3 is 2.88 bits per heavy atom. The summed E-state index contributed by atoms with van der Waals surface area (Å²) in [6, 6.07) is 11.1. The maximum Gasteiger partial charge on any atom is 0.258 e. The quantitative estimate of drug-likeness (QED) is 0.599. The van der Waals surface area contributed by atoms with Gasteiger partial charge in [0, 0.05) is 30.8 Å². The highest BCUT2D eigenvalue weighted by Gasteiger charge is 2.19. The highest BCUT2D eigenvalue weighted by Crippen LogP contribution is 2.22. The van der Waals surface area contributed by atoms with Crippen molar-refractivity contribution in [3.05, 3.63) is 89.7 Å². The van der Waals surface area contributed by atoms with Crippen LogP contribution in [0.25, 0.3) is 0 Å². The minimum absolute atomic E-state index is 0.0521. The number of nitrogens with one attached hydrogen (secondary N) is 3. The molecule has 1 aromatic heterocycles. The molecule has 3 N–H and O–H groups in total. The number of dihydropyridines is 1. The van der Waals surface area contributed by atoms with Crippen molar-refractivity contribution >= 4 is 29.2 Å². The third kappa shape index (κ3) is 5.83. The first-order valence-electron chi connectivity index (χ1n) is 11.1. The van der Waals surface area contributed by atoms with Gasteiger partial charge in [-0.1, -0.05) is 43.4 Å². The van der Waals surface area contributed by atoms with Crippen molar-refractivity contribution in [3.63, 3.8) is 0 Å². The number of nitrogens with zero attached hydrogens (tertiary/aromatic N) is 2. The Hall–Kier alpha value is -4.00. The number of anilines is 2. The molecule has 2 aliphatic rings. The Kier molecular flexibility index (Phi) is 7.09. The van der Waals surface area contributed by atoms with Crippen LogP contribution in [-0.4, -0.2) is 29.2 Å². The van der Waals surface area contributed by atoms with Crippen LogP contribution in [0.2, 0.25) is 0 Å². The zero-order valence-corrected chi connectivity index (χ0v) is 18.5. The van der Waals surface area contributed by atoms with Gasteiger partial charge >= 0.3 is 0 Å². The molecule has 1 unspecified atom stereocenters. The number of carbonyl (C=O) groups excluding carboxylic acids is 2. The standard InChI is InChI=1S/C26H27N5O2/c1-2-7-25(32)30-23-14-18(12-13-27-23)16-28-22-11-6-5-10-21(22)26(33)31-24-15-19-8-3-4-9-20(19)17-29-24/h3-6,8-15,20,28H,2,7,16-17H2,1H3,(H,27,30,32)(H,29,31,33). The molecule has 1 aromatic carbocycles. The first-order valence-corrected chi connectivity index (χ1v) is 11.1. The lowest BCUT2D eigenvalue weighted by Crippen LogP contribution is -2.32. The largest absolute Gasteiger partial charge is 0.380 e. The molecule has 1 atom stereocenters. The van der Waals surface area contributed by atoms with Gasteiger partial charge < -0.3 is 16.0 Å². The van der Waals surface area contributed by atoms with Gasteiger partial charge in [0.25, 0.3) is 5.91 Å². The molecule has 168 valence electrons. The SMILES string of the molecule is CCCC(=O)Nc1cc(CNc2ccccc2C(=O)NC2=NCC3C=CC=CC3=C2)ccn1. The Morgan fingerprint density at radius 2 is 2.00 bits per heavy atom. The van der Waals surface area contributed by atoms with Crippen LogP contribution in [0.1, 0.15) is 35.7 Å². The molecule has 0 radical (unpaired) electrons. The highest BCUT2D eigenvalue weighted by molar-refractivity contribution is 6.12. The number of amidine groups is 1. The number of hydrogen-bond acceptors (Lipinski definition) is 5. The monoisotopic (exact) mass is 441 g/mol. The lowest BCUT2D eigenvalue weighted by atomic mass is 9.92. The van der Waals surface area contributed by atoms with E-state index in [1.165, 1.54) is 0 Å².